The second-order valence-electron chi connectivity index (χ2n) is 4.10. The summed E-state index contributed by atoms with van der Waals surface area (Å²) >= 11 is 1.82. The predicted octanol–water partition coefficient (Wildman–Crippen LogP) is 2.50. The van der Waals surface area contributed by atoms with Crippen molar-refractivity contribution in [2.75, 3.05) is 4.72 Å². The van der Waals surface area contributed by atoms with Gasteiger partial charge in [-0.25, -0.2) is 13.2 Å². The van der Waals surface area contributed by atoms with Gasteiger partial charge in [0.05, 0.1) is 10.5 Å². The van der Waals surface area contributed by atoms with E-state index in [1.165, 1.54) is 36.4 Å². The van der Waals surface area contributed by atoms with Crippen molar-refractivity contribution >= 4 is 44.3 Å². The maximum absolute atomic E-state index is 12.2. The first kappa shape index (κ1) is 15.6. The Hall–Kier alpha value is -1.81. The number of benzene rings is 2. The lowest BCUT2D eigenvalue weighted by Gasteiger charge is -2.09. The highest BCUT2D eigenvalue weighted by Crippen LogP contribution is 2.21. The van der Waals surface area contributed by atoms with Crippen molar-refractivity contribution in [3.8, 4) is 5.75 Å². The zero-order chi connectivity index (χ0) is 15.6. The zero-order valence-electron chi connectivity index (χ0n) is 10.4. The van der Waals surface area contributed by atoms with Crippen molar-refractivity contribution in [2.45, 2.75) is 4.90 Å². The highest BCUT2D eigenvalue weighted by molar-refractivity contribution is 14.1. The van der Waals surface area contributed by atoms with Crippen molar-refractivity contribution < 1.29 is 23.4 Å². The van der Waals surface area contributed by atoms with Crippen molar-refractivity contribution in [2.24, 2.45) is 0 Å². The number of phenolic OH excluding ortho intramolecular Hbond substituents is 1. The number of carboxylic acid groups (broad SMARTS) is 1. The molecule has 0 aromatic heterocycles. The van der Waals surface area contributed by atoms with Gasteiger partial charge >= 0.3 is 5.97 Å². The molecule has 2 aromatic rings. The van der Waals surface area contributed by atoms with Crippen LogP contribution < -0.4 is 4.72 Å². The predicted molar refractivity (Wildman–Crippen MR) is 85.0 cm³/mol. The minimum atomic E-state index is -3.90. The summed E-state index contributed by atoms with van der Waals surface area (Å²) in [4.78, 5) is 10.9. The number of hydrogen-bond donors (Lipinski definition) is 3. The topological polar surface area (TPSA) is 104 Å². The van der Waals surface area contributed by atoms with Crippen LogP contribution in [-0.2, 0) is 10.0 Å². The lowest BCUT2D eigenvalue weighted by molar-refractivity contribution is 0.0695. The molecule has 0 radical (unpaired) electrons. The summed E-state index contributed by atoms with van der Waals surface area (Å²) < 4.78 is 27.2. The Morgan fingerprint density at radius 2 is 1.71 bits per heavy atom. The molecule has 0 fully saturated rings. The molecule has 0 saturated heterocycles. The van der Waals surface area contributed by atoms with Gasteiger partial charge in [-0.05, 0) is 65.1 Å². The van der Waals surface area contributed by atoms with Crippen molar-refractivity contribution in [1.82, 2.24) is 0 Å². The highest BCUT2D eigenvalue weighted by atomic mass is 127. The molecule has 2 rings (SSSR count). The second-order valence-corrected chi connectivity index (χ2v) is 6.94. The molecule has 3 N–H and O–H groups in total. The van der Waals surface area contributed by atoms with Crippen LogP contribution in [0, 0.1) is 3.57 Å². The van der Waals surface area contributed by atoms with Crippen molar-refractivity contribution in [3.63, 3.8) is 0 Å². The molecular formula is C13H10INO5S. The zero-order valence-corrected chi connectivity index (χ0v) is 13.4. The summed E-state index contributed by atoms with van der Waals surface area (Å²) in [6.45, 7) is 0. The summed E-state index contributed by atoms with van der Waals surface area (Å²) in [5.41, 5.74) is 0.187. The fourth-order valence-corrected chi connectivity index (χ4v) is 3.23. The van der Waals surface area contributed by atoms with Crippen LogP contribution in [0.15, 0.2) is 47.4 Å². The van der Waals surface area contributed by atoms with Crippen LogP contribution in [0.3, 0.4) is 0 Å². The Morgan fingerprint density at radius 1 is 1.10 bits per heavy atom. The Morgan fingerprint density at radius 3 is 2.29 bits per heavy atom. The summed E-state index contributed by atoms with van der Waals surface area (Å²) in [6, 6.07) is 9.34. The van der Waals surface area contributed by atoms with E-state index < -0.39 is 16.0 Å². The first-order chi connectivity index (χ1) is 9.79. The van der Waals surface area contributed by atoms with Crippen LogP contribution in [0.1, 0.15) is 10.4 Å². The van der Waals surface area contributed by atoms with E-state index in [-0.39, 0.29) is 21.9 Å². The van der Waals surface area contributed by atoms with Crippen LogP contribution in [0.2, 0.25) is 0 Å². The number of hydrogen-bond acceptors (Lipinski definition) is 4. The number of phenols is 1. The van der Waals surface area contributed by atoms with Gasteiger partial charge in [0.2, 0.25) is 0 Å². The lowest BCUT2D eigenvalue weighted by atomic mass is 10.2. The quantitative estimate of drug-likeness (QED) is 0.522. The van der Waals surface area contributed by atoms with Crippen LogP contribution >= 0.6 is 22.6 Å². The summed E-state index contributed by atoms with van der Waals surface area (Å²) in [5, 5.41) is 18.2. The van der Waals surface area contributed by atoms with E-state index in [0.29, 0.717) is 3.57 Å². The van der Waals surface area contributed by atoms with Gasteiger partial charge in [0, 0.05) is 9.26 Å². The molecule has 6 nitrogen and oxygen atoms in total. The molecule has 0 atom stereocenters. The SMILES string of the molecule is O=C(O)c1cc(S(=O)(=O)Nc2ccc(O)cc2)ccc1I. The summed E-state index contributed by atoms with van der Waals surface area (Å²) in [5.74, 6) is -1.18. The van der Waals surface area contributed by atoms with E-state index >= 15 is 0 Å². The first-order valence-corrected chi connectivity index (χ1v) is 8.20. The van der Waals surface area contributed by atoms with Gasteiger partial charge in [-0.3, -0.25) is 4.72 Å². The van der Waals surface area contributed by atoms with E-state index in [1.54, 1.807) is 0 Å². The van der Waals surface area contributed by atoms with Gasteiger partial charge in [-0.15, -0.1) is 0 Å². The number of sulfonamides is 1. The number of carboxylic acids is 1. The van der Waals surface area contributed by atoms with E-state index in [2.05, 4.69) is 4.72 Å². The molecule has 0 heterocycles. The molecule has 0 spiro atoms. The molecule has 0 bridgehead atoms. The number of aromatic carboxylic acids is 1. The number of aromatic hydroxyl groups is 1. The Bertz CT molecular complexity index is 787. The van der Waals surface area contributed by atoms with E-state index in [0.717, 1.165) is 6.07 Å². The maximum Gasteiger partial charge on any atom is 0.336 e. The van der Waals surface area contributed by atoms with Crippen LogP contribution in [0.5, 0.6) is 5.75 Å². The molecule has 0 aliphatic carbocycles. The average Bonchev–Trinajstić information content (AvgIpc) is 2.41. The molecule has 2 aromatic carbocycles. The highest BCUT2D eigenvalue weighted by Gasteiger charge is 2.18. The fraction of sp³-hybridized carbons (Fsp3) is 0. The minimum absolute atomic E-state index is 0.0142. The molecular weight excluding hydrogens is 409 g/mol. The standard InChI is InChI=1S/C13H10INO5S/c14-12-6-5-10(7-11(12)13(17)18)21(19,20)15-8-1-3-9(16)4-2-8/h1-7,15-16H,(H,17,18). The largest absolute Gasteiger partial charge is 0.508 e. The molecule has 0 saturated carbocycles. The minimum Gasteiger partial charge on any atom is -0.508 e. The van der Waals surface area contributed by atoms with Crippen LogP contribution in [0.25, 0.3) is 0 Å². The van der Waals surface area contributed by atoms with Crippen molar-refractivity contribution in [3.05, 3.63) is 51.6 Å². The third kappa shape index (κ3) is 3.64. The van der Waals surface area contributed by atoms with Crippen LogP contribution in [-0.4, -0.2) is 24.6 Å². The smallest absolute Gasteiger partial charge is 0.336 e. The Kier molecular flexibility index (Phi) is 4.37. The molecule has 8 heteroatoms. The van der Waals surface area contributed by atoms with Crippen LogP contribution in [0.4, 0.5) is 5.69 Å². The molecule has 0 amide bonds. The van der Waals surface area contributed by atoms with Crippen molar-refractivity contribution in [1.29, 1.82) is 0 Å². The molecule has 110 valence electrons. The normalized spacial score (nSPS) is 11.1. The number of rotatable bonds is 4. The molecule has 21 heavy (non-hydrogen) atoms. The fourth-order valence-electron chi connectivity index (χ4n) is 1.58. The van der Waals surface area contributed by atoms with Gasteiger partial charge in [0.1, 0.15) is 5.75 Å². The maximum atomic E-state index is 12.2. The van der Waals surface area contributed by atoms with E-state index in [9.17, 15) is 13.2 Å². The van der Waals surface area contributed by atoms with E-state index in [1.807, 2.05) is 22.6 Å². The summed E-state index contributed by atoms with van der Waals surface area (Å²) in [6.07, 6.45) is 0. The third-order valence-corrected chi connectivity index (χ3v) is 4.92. The monoisotopic (exact) mass is 419 g/mol. The second kappa shape index (κ2) is 5.90. The molecule has 0 aliphatic rings. The lowest BCUT2D eigenvalue weighted by Crippen LogP contribution is -2.14. The van der Waals surface area contributed by atoms with Gasteiger partial charge < -0.3 is 10.2 Å². The number of nitrogens with one attached hydrogen (secondary N) is 1. The average molecular weight is 419 g/mol. The van der Waals surface area contributed by atoms with Gasteiger partial charge in [0.15, 0.2) is 0 Å². The number of halogens is 1. The third-order valence-electron chi connectivity index (χ3n) is 2.60. The Labute approximate surface area is 134 Å². The number of anilines is 1. The molecule has 0 unspecified atom stereocenters. The Balaban J connectivity index is 2.38. The van der Waals surface area contributed by atoms with E-state index in [4.69, 9.17) is 10.2 Å². The first-order valence-electron chi connectivity index (χ1n) is 5.64. The number of carbonyl (C=O) groups is 1. The van der Waals surface area contributed by atoms with Gasteiger partial charge in [0.25, 0.3) is 10.0 Å². The molecule has 0 aliphatic heterocycles. The van der Waals surface area contributed by atoms with Gasteiger partial charge in [-0.2, -0.15) is 0 Å². The summed E-state index contributed by atoms with van der Waals surface area (Å²) in [7, 11) is -3.90. The van der Waals surface area contributed by atoms with Gasteiger partial charge in [-0.1, -0.05) is 0 Å².